The van der Waals surface area contributed by atoms with E-state index in [-0.39, 0.29) is 18.4 Å². The number of fused-ring (bicyclic) bond motifs is 9. The van der Waals surface area contributed by atoms with E-state index >= 15 is 0 Å². The Hall–Kier alpha value is -2.86. The normalized spacial score (nSPS) is 27.4. The fourth-order valence-corrected chi connectivity index (χ4v) is 8.34. The van der Waals surface area contributed by atoms with Gasteiger partial charge >= 0.3 is 5.63 Å². The van der Waals surface area contributed by atoms with Gasteiger partial charge in [0.25, 0.3) is 0 Å². The summed E-state index contributed by atoms with van der Waals surface area (Å²) in [7, 11) is 0. The first-order chi connectivity index (χ1) is 18.3. The van der Waals surface area contributed by atoms with Crippen molar-refractivity contribution in [2.75, 3.05) is 19.6 Å². The molecule has 200 valence electrons. The summed E-state index contributed by atoms with van der Waals surface area (Å²) in [6.45, 7) is 11.0. The van der Waals surface area contributed by atoms with E-state index in [4.69, 9.17) is 8.83 Å². The largest absolute Gasteiger partial charge is 0.460 e. The molecule has 1 aliphatic carbocycles. The number of piperidine rings is 3. The van der Waals surface area contributed by atoms with Gasteiger partial charge in [-0.15, -0.1) is 0 Å². The predicted octanol–water partition coefficient (Wildman–Crippen LogP) is 5.74. The summed E-state index contributed by atoms with van der Waals surface area (Å²) in [4.78, 5) is 32.0. The Balaban J connectivity index is 1.25. The number of amides is 1. The second-order valence-electron chi connectivity index (χ2n) is 12.3. The van der Waals surface area contributed by atoms with Crippen LogP contribution in [0.1, 0.15) is 66.5 Å². The van der Waals surface area contributed by atoms with Crippen molar-refractivity contribution >= 4 is 27.8 Å². The monoisotopic (exact) mass is 514 g/mol. The van der Waals surface area contributed by atoms with E-state index in [9.17, 15) is 9.59 Å². The topological polar surface area (TPSA) is 66.9 Å². The van der Waals surface area contributed by atoms with E-state index in [0.29, 0.717) is 29.0 Å². The van der Waals surface area contributed by atoms with E-state index in [0.717, 1.165) is 64.7 Å². The zero-order valence-electron chi connectivity index (χ0n) is 23.1. The van der Waals surface area contributed by atoms with Crippen LogP contribution in [0.3, 0.4) is 0 Å². The van der Waals surface area contributed by atoms with Crippen LogP contribution in [0.5, 0.6) is 0 Å². The van der Waals surface area contributed by atoms with Crippen LogP contribution in [0.15, 0.2) is 31.3 Å². The van der Waals surface area contributed by atoms with Gasteiger partial charge in [-0.25, -0.2) is 4.79 Å². The number of rotatable bonds is 2. The molecule has 38 heavy (non-hydrogen) atoms. The SMILES string of the molecule is Cc1oc2c(c(C)cc3oc(=O)c(CC(=O)N4CCCC5=CC6CC(CN7CCCC[C@H]67)[C@@H]54)c(C)c32)c1C. The van der Waals surface area contributed by atoms with Gasteiger partial charge in [-0.3, -0.25) is 9.69 Å². The molecule has 2 unspecified atom stereocenters. The van der Waals surface area contributed by atoms with Crippen LogP contribution >= 0.6 is 0 Å². The Morgan fingerprint density at radius 2 is 1.87 bits per heavy atom. The summed E-state index contributed by atoms with van der Waals surface area (Å²) >= 11 is 0. The molecule has 1 aromatic carbocycles. The first-order valence-electron chi connectivity index (χ1n) is 14.5. The summed E-state index contributed by atoms with van der Waals surface area (Å²) < 4.78 is 12.0. The first kappa shape index (κ1) is 24.2. The fourth-order valence-electron chi connectivity index (χ4n) is 8.34. The van der Waals surface area contributed by atoms with Crippen LogP contribution in [0, 0.1) is 39.5 Å². The molecule has 3 fully saturated rings. The molecule has 3 saturated heterocycles. The lowest BCUT2D eigenvalue weighted by Gasteiger charge is -2.54. The van der Waals surface area contributed by atoms with Crippen LogP contribution in [0.25, 0.3) is 21.9 Å². The van der Waals surface area contributed by atoms with Crippen molar-refractivity contribution in [3.63, 3.8) is 0 Å². The van der Waals surface area contributed by atoms with E-state index < -0.39 is 5.63 Å². The minimum absolute atomic E-state index is 0.0460. The van der Waals surface area contributed by atoms with Crippen LogP contribution in [-0.2, 0) is 11.2 Å². The molecule has 5 heterocycles. The second-order valence-corrected chi connectivity index (χ2v) is 12.3. The van der Waals surface area contributed by atoms with Gasteiger partial charge in [-0.05, 0) is 101 Å². The Morgan fingerprint density at radius 1 is 1.03 bits per heavy atom. The molecule has 0 spiro atoms. The van der Waals surface area contributed by atoms with Crippen LogP contribution < -0.4 is 5.63 Å². The number of hydrogen-bond acceptors (Lipinski definition) is 5. The molecule has 4 aliphatic rings. The van der Waals surface area contributed by atoms with Crippen molar-refractivity contribution in [1.29, 1.82) is 0 Å². The highest BCUT2D eigenvalue weighted by molar-refractivity contribution is 6.07. The Labute approximate surface area is 223 Å². The van der Waals surface area contributed by atoms with Crippen molar-refractivity contribution in [3.8, 4) is 0 Å². The van der Waals surface area contributed by atoms with Crippen LogP contribution in [0.2, 0.25) is 0 Å². The fraction of sp³-hybridized carbons (Fsp3) is 0.562. The number of likely N-dealkylation sites (tertiary alicyclic amines) is 1. The van der Waals surface area contributed by atoms with E-state index in [1.807, 2.05) is 26.8 Å². The van der Waals surface area contributed by atoms with Gasteiger partial charge in [0.15, 0.2) is 0 Å². The molecule has 6 heteroatoms. The zero-order chi connectivity index (χ0) is 26.3. The molecule has 7 rings (SSSR count). The maximum atomic E-state index is 14.0. The Morgan fingerprint density at radius 3 is 2.71 bits per heavy atom. The van der Waals surface area contributed by atoms with E-state index in [1.165, 1.54) is 37.8 Å². The molecular formula is C32H38N2O4. The van der Waals surface area contributed by atoms with Gasteiger partial charge in [-0.1, -0.05) is 18.1 Å². The van der Waals surface area contributed by atoms with Gasteiger partial charge in [0.2, 0.25) is 5.91 Å². The lowest BCUT2D eigenvalue weighted by Crippen LogP contribution is -2.60. The molecule has 0 radical (unpaired) electrons. The number of benzene rings is 1. The van der Waals surface area contributed by atoms with Gasteiger partial charge in [-0.2, -0.15) is 0 Å². The van der Waals surface area contributed by atoms with Crippen molar-refractivity contribution in [1.82, 2.24) is 9.80 Å². The van der Waals surface area contributed by atoms with Gasteiger partial charge < -0.3 is 13.7 Å². The highest BCUT2D eigenvalue weighted by Crippen LogP contribution is 2.45. The predicted molar refractivity (Wildman–Crippen MR) is 149 cm³/mol. The molecular weight excluding hydrogens is 476 g/mol. The smallest absolute Gasteiger partial charge is 0.340 e. The molecule has 2 aromatic heterocycles. The molecule has 0 N–H and O–H groups in total. The quantitative estimate of drug-likeness (QED) is 0.322. The molecule has 0 saturated carbocycles. The highest BCUT2D eigenvalue weighted by Gasteiger charge is 2.47. The van der Waals surface area contributed by atoms with Crippen molar-refractivity contribution in [2.45, 2.75) is 84.7 Å². The second kappa shape index (κ2) is 8.84. The van der Waals surface area contributed by atoms with Gasteiger partial charge in [0.1, 0.15) is 16.9 Å². The summed E-state index contributed by atoms with van der Waals surface area (Å²) in [6.07, 6.45) is 9.84. The first-order valence-corrected chi connectivity index (χ1v) is 14.5. The number of aryl methyl sites for hydroxylation is 4. The highest BCUT2D eigenvalue weighted by atomic mass is 16.4. The third-order valence-electron chi connectivity index (χ3n) is 10.2. The minimum Gasteiger partial charge on any atom is -0.460 e. The van der Waals surface area contributed by atoms with Crippen LogP contribution in [-0.4, -0.2) is 47.4 Å². The van der Waals surface area contributed by atoms with E-state index in [2.05, 4.69) is 22.8 Å². The van der Waals surface area contributed by atoms with Crippen molar-refractivity contribution in [2.24, 2.45) is 11.8 Å². The summed E-state index contributed by atoms with van der Waals surface area (Å²) in [5, 5.41) is 1.88. The standard InChI is InChI=1S/C32H38N2O4/c1-17-12-26-29(31-28(17)18(2)20(4)37-31)19(3)24(32(36)38-26)15-27(35)34-11-7-8-21-13-22-14-23(30(21)34)16-33-10-6-5-9-25(22)33/h12-13,22-23,25,30H,5-11,14-16H2,1-4H3/t22?,23?,25-,30-/m1/s1. The Kier molecular flexibility index (Phi) is 5.63. The average Bonchev–Trinajstić information content (AvgIpc) is 3.20. The molecule has 4 atom stereocenters. The lowest BCUT2D eigenvalue weighted by molar-refractivity contribution is -0.135. The maximum absolute atomic E-state index is 14.0. The van der Waals surface area contributed by atoms with Crippen LogP contribution in [0.4, 0.5) is 0 Å². The summed E-state index contributed by atoms with van der Waals surface area (Å²) in [5.41, 5.74) is 5.74. The lowest BCUT2D eigenvalue weighted by atomic mass is 9.68. The van der Waals surface area contributed by atoms with Crippen molar-refractivity contribution < 1.29 is 13.6 Å². The molecule has 3 aliphatic heterocycles. The molecule has 1 amide bonds. The third-order valence-corrected chi connectivity index (χ3v) is 10.2. The number of nitrogens with zero attached hydrogens (tertiary/aromatic N) is 2. The summed E-state index contributed by atoms with van der Waals surface area (Å²) in [6, 6.07) is 2.79. The van der Waals surface area contributed by atoms with E-state index in [1.54, 1.807) is 0 Å². The number of hydrogen-bond donors (Lipinski definition) is 0. The zero-order valence-corrected chi connectivity index (χ0v) is 23.1. The molecule has 2 bridgehead atoms. The minimum atomic E-state index is -0.410. The van der Waals surface area contributed by atoms with Gasteiger partial charge in [0.05, 0.1) is 23.4 Å². The number of carbonyl (C=O) groups excluding carboxylic acids is 1. The maximum Gasteiger partial charge on any atom is 0.340 e. The number of furan rings is 1. The molecule has 6 nitrogen and oxygen atoms in total. The number of carbonyl (C=O) groups is 1. The summed E-state index contributed by atoms with van der Waals surface area (Å²) in [5.74, 6) is 2.04. The average molecular weight is 515 g/mol. The van der Waals surface area contributed by atoms with Crippen molar-refractivity contribution in [3.05, 3.63) is 56.1 Å². The molecule has 3 aromatic rings. The Bertz CT molecular complexity index is 1560. The van der Waals surface area contributed by atoms with Gasteiger partial charge in [0, 0.05) is 24.5 Å². The third kappa shape index (κ3) is 3.55.